The highest BCUT2D eigenvalue weighted by molar-refractivity contribution is 6.32. The van der Waals surface area contributed by atoms with Gasteiger partial charge in [-0.05, 0) is 85.9 Å². The highest BCUT2D eigenvalue weighted by Crippen LogP contribution is 2.49. The van der Waals surface area contributed by atoms with Crippen LogP contribution in [0.1, 0.15) is 44.1 Å². The number of carbonyl (C=O) groups is 2. The molecule has 260 valence electrons. The first-order valence-electron chi connectivity index (χ1n) is 17.3. The van der Waals surface area contributed by atoms with Gasteiger partial charge in [0.25, 0.3) is 0 Å². The van der Waals surface area contributed by atoms with E-state index in [1.165, 1.54) is 31.8 Å². The average molecular weight is 687 g/mol. The highest BCUT2D eigenvalue weighted by Gasteiger charge is 2.40. The zero-order chi connectivity index (χ0) is 34.2. The van der Waals surface area contributed by atoms with Gasteiger partial charge in [-0.3, -0.25) is 14.5 Å². The van der Waals surface area contributed by atoms with Gasteiger partial charge in [-0.25, -0.2) is 4.98 Å². The molecule has 2 aliphatic carbocycles. The van der Waals surface area contributed by atoms with Crippen molar-refractivity contribution in [3.63, 3.8) is 0 Å². The summed E-state index contributed by atoms with van der Waals surface area (Å²) in [5.41, 5.74) is 3.45. The molecular formula is C37H47ClN8O3. The predicted molar refractivity (Wildman–Crippen MR) is 196 cm³/mol. The summed E-state index contributed by atoms with van der Waals surface area (Å²) in [7, 11) is 1.65. The van der Waals surface area contributed by atoms with Crippen LogP contribution in [-0.4, -0.2) is 73.1 Å². The van der Waals surface area contributed by atoms with E-state index in [1.54, 1.807) is 13.3 Å². The van der Waals surface area contributed by atoms with Crippen LogP contribution in [0.25, 0.3) is 0 Å². The van der Waals surface area contributed by atoms with Crippen LogP contribution >= 0.6 is 11.6 Å². The number of ether oxygens (including phenoxy) is 1. The average Bonchev–Trinajstić information content (AvgIpc) is 3.75. The zero-order valence-electron chi connectivity index (χ0n) is 28.2. The maximum atomic E-state index is 12.5. The molecule has 11 nitrogen and oxygen atoms in total. The van der Waals surface area contributed by atoms with Crippen LogP contribution in [-0.2, 0) is 16.1 Å². The molecule has 4 N–H and O–H groups in total. The molecule has 49 heavy (non-hydrogen) atoms. The molecule has 1 saturated heterocycles. The van der Waals surface area contributed by atoms with Gasteiger partial charge in [0.15, 0.2) is 5.82 Å². The summed E-state index contributed by atoms with van der Waals surface area (Å²) in [4.78, 5) is 37.9. The van der Waals surface area contributed by atoms with Crippen molar-refractivity contribution in [2.75, 3.05) is 67.2 Å². The van der Waals surface area contributed by atoms with E-state index in [9.17, 15) is 9.59 Å². The molecule has 2 amide bonds. The fraction of sp³-hybridized carbons (Fsp3) is 0.459. The van der Waals surface area contributed by atoms with Crippen molar-refractivity contribution in [2.24, 2.45) is 17.8 Å². The molecule has 0 spiro atoms. The Balaban J connectivity index is 0.956. The van der Waals surface area contributed by atoms with Crippen LogP contribution < -0.4 is 30.9 Å². The van der Waals surface area contributed by atoms with Crippen molar-refractivity contribution in [1.29, 1.82) is 0 Å². The lowest BCUT2D eigenvalue weighted by Gasteiger charge is -2.36. The topological polar surface area (TPSA) is 124 Å². The fourth-order valence-electron chi connectivity index (χ4n) is 7.49. The van der Waals surface area contributed by atoms with E-state index in [4.69, 9.17) is 16.3 Å². The lowest BCUT2D eigenvalue weighted by Crippen LogP contribution is -2.47. The second-order valence-corrected chi connectivity index (χ2v) is 13.7. The van der Waals surface area contributed by atoms with Crippen molar-refractivity contribution >= 4 is 52.2 Å². The molecule has 3 fully saturated rings. The van der Waals surface area contributed by atoms with E-state index >= 15 is 0 Å². The number of piperazine rings is 1. The number of amides is 2. The predicted octanol–water partition coefficient (Wildman–Crippen LogP) is 6.07. The van der Waals surface area contributed by atoms with Crippen molar-refractivity contribution in [3.05, 3.63) is 71.9 Å². The Hall–Kier alpha value is -4.35. The van der Waals surface area contributed by atoms with E-state index in [1.807, 2.05) is 36.4 Å². The molecule has 2 aromatic carbocycles. The summed E-state index contributed by atoms with van der Waals surface area (Å²) in [6, 6.07) is 13.6. The van der Waals surface area contributed by atoms with Gasteiger partial charge in [-0.2, -0.15) is 4.98 Å². The van der Waals surface area contributed by atoms with Crippen LogP contribution in [0.3, 0.4) is 0 Å². The van der Waals surface area contributed by atoms with Crippen LogP contribution in [0.2, 0.25) is 5.02 Å². The molecule has 2 saturated carbocycles. The first-order chi connectivity index (χ1) is 23.9. The van der Waals surface area contributed by atoms with Crippen molar-refractivity contribution in [1.82, 2.24) is 20.2 Å². The summed E-state index contributed by atoms with van der Waals surface area (Å²) < 4.78 is 5.75. The molecular weight excluding hydrogens is 640 g/mol. The molecule has 3 atom stereocenters. The van der Waals surface area contributed by atoms with Gasteiger partial charge in [0.2, 0.25) is 17.8 Å². The Kier molecular flexibility index (Phi) is 11.5. The maximum Gasteiger partial charge on any atom is 0.247 e. The molecule has 3 aromatic rings. The molecule has 6 rings (SSSR count). The van der Waals surface area contributed by atoms with Crippen LogP contribution in [0.5, 0.6) is 5.75 Å². The number of rotatable bonds is 15. The van der Waals surface area contributed by atoms with E-state index in [0.717, 1.165) is 80.9 Å². The summed E-state index contributed by atoms with van der Waals surface area (Å²) in [6.45, 7) is 9.47. The number of nitrogens with zero attached hydrogens (tertiary/aromatic N) is 4. The van der Waals surface area contributed by atoms with Gasteiger partial charge in [-0.1, -0.05) is 36.7 Å². The second kappa shape index (κ2) is 16.4. The molecule has 1 aliphatic heterocycles. The Labute approximate surface area is 293 Å². The monoisotopic (exact) mass is 686 g/mol. The van der Waals surface area contributed by atoms with Crippen molar-refractivity contribution < 1.29 is 14.3 Å². The third-order valence-electron chi connectivity index (χ3n) is 10.1. The summed E-state index contributed by atoms with van der Waals surface area (Å²) >= 11 is 6.41. The Bertz CT molecular complexity index is 1630. The number of nitrogens with one attached hydrogen (secondary N) is 4. The molecule has 12 heteroatoms. The van der Waals surface area contributed by atoms with E-state index in [2.05, 4.69) is 53.7 Å². The van der Waals surface area contributed by atoms with Gasteiger partial charge in [-0.15, -0.1) is 0 Å². The van der Waals surface area contributed by atoms with Crippen LogP contribution in [0, 0.1) is 17.8 Å². The third kappa shape index (κ3) is 9.21. The first kappa shape index (κ1) is 34.5. The van der Waals surface area contributed by atoms with Gasteiger partial charge >= 0.3 is 0 Å². The van der Waals surface area contributed by atoms with Gasteiger partial charge < -0.3 is 30.9 Å². The summed E-state index contributed by atoms with van der Waals surface area (Å²) in [5, 5.41) is 12.9. The van der Waals surface area contributed by atoms with Crippen molar-refractivity contribution in [2.45, 2.75) is 45.1 Å². The smallest absolute Gasteiger partial charge is 0.247 e. The Morgan fingerprint density at radius 3 is 2.71 bits per heavy atom. The third-order valence-corrected chi connectivity index (χ3v) is 10.3. The van der Waals surface area contributed by atoms with Crippen molar-refractivity contribution in [3.8, 4) is 5.75 Å². The molecule has 1 aromatic heterocycles. The largest absolute Gasteiger partial charge is 0.494 e. The molecule has 2 heterocycles. The number of hydrogen-bond donors (Lipinski definition) is 4. The molecule has 2 bridgehead atoms. The lowest BCUT2D eigenvalue weighted by atomic mass is 9.86. The number of aromatic nitrogens is 2. The Morgan fingerprint density at radius 2 is 1.96 bits per heavy atom. The number of fused-ring (bicyclic) bond motifs is 2. The Morgan fingerprint density at radius 1 is 1.10 bits per heavy atom. The molecule has 1 unspecified atom stereocenters. The number of carbonyl (C=O) groups excluding carboxylic acids is 2. The van der Waals surface area contributed by atoms with Gasteiger partial charge in [0.05, 0.1) is 19.0 Å². The lowest BCUT2D eigenvalue weighted by molar-refractivity contribution is -0.122. The quantitative estimate of drug-likeness (QED) is 0.111. The minimum Gasteiger partial charge on any atom is -0.494 e. The number of benzene rings is 2. The highest BCUT2D eigenvalue weighted by atomic mass is 35.5. The molecule has 3 aliphatic rings. The van der Waals surface area contributed by atoms with Crippen LogP contribution in [0.15, 0.2) is 61.3 Å². The minimum absolute atomic E-state index is 0.240. The molecule has 0 radical (unpaired) electrons. The van der Waals surface area contributed by atoms with Gasteiger partial charge in [0.1, 0.15) is 10.8 Å². The van der Waals surface area contributed by atoms with E-state index in [0.29, 0.717) is 40.7 Å². The standard InChI is InChI=1S/C37H47ClN8O3/c1-3-34(47)42-29-7-4-6-26(20-29)23-40-36-31(38)24-41-37(44-36)43-32-11-10-30(22-33(32)49-2)46-16-14-45(15-17-46)13-5-12-39-35(48)21-28-19-25-8-9-27(28)18-25/h3-4,6-7,10-11,20,22,24-25,27-28H,1,5,8-9,12-19,21,23H2,2H3,(H,39,48)(H,42,47)(H2,40,41,43,44)/t25-,27+,28?/m0/s1. The summed E-state index contributed by atoms with van der Waals surface area (Å²) in [6.07, 6.45) is 9.81. The van der Waals surface area contributed by atoms with E-state index < -0.39 is 0 Å². The number of halogens is 1. The minimum atomic E-state index is -0.268. The fourth-order valence-corrected chi connectivity index (χ4v) is 7.64. The zero-order valence-corrected chi connectivity index (χ0v) is 29.0. The number of anilines is 5. The maximum absolute atomic E-state index is 12.5. The van der Waals surface area contributed by atoms with Gasteiger partial charge in [0, 0.05) is 63.1 Å². The number of methoxy groups -OCH3 is 1. The SMILES string of the molecule is C=CC(=O)Nc1cccc(CNc2nc(Nc3ccc(N4CCN(CCCNC(=O)CC5C[C@H]6CC[C@@H]5C6)CC4)cc3OC)ncc2Cl)c1. The summed E-state index contributed by atoms with van der Waals surface area (Å²) in [5.74, 6) is 3.83. The van der Waals surface area contributed by atoms with Crippen LogP contribution in [0.4, 0.5) is 28.8 Å². The number of hydrogen-bond acceptors (Lipinski definition) is 9. The first-order valence-corrected chi connectivity index (χ1v) is 17.7. The normalized spacial score (nSPS) is 20.1. The van der Waals surface area contributed by atoms with E-state index in [-0.39, 0.29) is 11.8 Å². The second-order valence-electron chi connectivity index (χ2n) is 13.3.